The van der Waals surface area contributed by atoms with Gasteiger partial charge < -0.3 is 9.67 Å². The van der Waals surface area contributed by atoms with Crippen LogP contribution in [-0.4, -0.2) is 16.0 Å². The number of aldehydes is 1. The topological polar surface area (TPSA) is 42.2 Å². The molecule has 3 nitrogen and oxygen atoms in total. The second-order valence-electron chi connectivity index (χ2n) is 4.91. The van der Waals surface area contributed by atoms with Crippen LogP contribution < -0.4 is 0 Å². The average Bonchev–Trinajstić information content (AvgIpc) is 2.64. The van der Waals surface area contributed by atoms with Gasteiger partial charge in [-0.15, -0.1) is 0 Å². The number of fused-ring (bicyclic) bond motifs is 1. The third-order valence-corrected chi connectivity index (χ3v) is 3.86. The molecular weight excluding hydrogens is 214 g/mol. The summed E-state index contributed by atoms with van der Waals surface area (Å²) in [6.45, 7) is 0. The fraction of sp³-hybridized carbons (Fsp3) is 0.357. The number of aliphatic hydroxyl groups is 1. The highest BCUT2D eigenvalue weighted by Gasteiger charge is 2.38. The van der Waals surface area contributed by atoms with Crippen LogP contribution in [0.3, 0.4) is 0 Å². The van der Waals surface area contributed by atoms with Gasteiger partial charge in [-0.2, -0.15) is 0 Å². The Kier molecular flexibility index (Phi) is 2.13. The largest absolute Gasteiger partial charge is 0.384 e. The number of rotatable bonds is 2. The molecule has 0 bridgehead atoms. The van der Waals surface area contributed by atoms with Crippen molar-refractivity contribution in [3.05, 3.63) is 35.5 Å². The molecule has 0 atom stereocenters. The minimum atomic E-state index is -0.658. The van der Waals surface area contributed by atoms with E-state index < -0.39 is 5.60 Å². The second-order valence-corrected chi connectivity index (χ2v) is 4.91. The standard InChI is InChI=1S/C14H15NO2/c1-15-12-7-10(9-16)3-4-11(12)8-13(15)14(17)5-2-6-14/h3-4,7-9,17H,2,5-6H2,1H3. The Morgan fingerprint density at radius 1 is 1.35 bits per heavy atom. The molecule has 0 spiro atoms. The van der Waals surface area contributed by atoms with Crippen LogP contribution in [0.1, 0.15) is 35.3 Å². The summed E-state index contributed by atoms with van der Waals surface area (Å²) in [5.74, 6) is 0. The summed E-state index contributed by atoms with van der Waals surface area (Å²) in [6, 6.07) is 7.64. The lowest BCUT2D eigenvalue weighted by Gasteiger charge is -2.37. The number of carbonyl (C=O) groups excluding carboxylic acids is 1. The molecule has 0 amide bonds. The molecule has 0 aliphatic heterocycles. The van der Waals surface area contributed by atoms with Crippen LogP contribution in [0.4, 0.5) is 0 Å². The normalized spacial score (nSPS) is 18.0. The molecule has 1 N–H and O–H groups in total. The summed E-state index contributed by atoms with van der Waals surface area (Å²) in [5, 5.41) is 11.5. The van der Waals surface area contributed by atoms with Crippen LogP contribution in [0, 0.1) is 0 Å². The maximum atomic E-state index is 10.8. The number of hydrogen-bond donors (Lipinski definition) is 1. The first-order chi connectivity index (χ1) is 8.14. The van der Waals surface area contributed by atoms with E-state index in [1.54, 1.807) is 0 Å². The lowest BCUT2D eigenvalue weighted by molar-refractivity contribution is -0.0445. The molecule has 1 fully saturated rings. The summed E-state index contributed by atoms with van der Waals surface area (Å²) in [4.78, 5) is 10.8. The van der Waals surface area contributed by atoms with Crippen LogP contribution in [-0.2, 0) is 12.6 Å². The molecule has 1 aliphatic rings. The van der Waals surface area contributed by atoms with Crippen molar-refractivity contribution < 1.29 is 9.90 Å². The quantitative estimate of drug-likeness (QED) is 0.803. The zero-order valence-corrected chi connectivity index (χ0v) is 9.81. The van der Waals surface area contributed by atoms with Crippen molar-refractivity contribution in [2.75, 3.05) is 0 Å². The monoisotopic (exact) mass is 229 g/mol. The highest BCUT2D eigenvalue weighted by molar-refractivity contribution is 5.88. The highest BCUT2D eigenvalue weighted by atomic mass is 16.3. The van der Waals surface area contributed by atoms with E-state index in [2.05, 4.69) is 0 Å². The smallest absolute Gasteiger partial charge is 0.150 e. The number of aromatic nitrogens is 1. The van der Waals surface area contributed by atoms with Crippen LogP contribution in [0.2, 0.25) is 0 Å². The first kappa shape index (κ1) is 10.5. The van der Waals surface area contributed by atoms with Crippen LogP contribution in [0.25, 0.3) is 10.9 Å². The van der Waals surface area contributed by atoms with Crippen molar-refractivity contribution in [2.45, 2.75) is 24.9 Å². The summed E-state index contributed by atoms with van der Waals surface area (Å²) >= 11 is 0. The van der Waals surface area contributed by atoms with E-state index in [1.165, 1.54) is 0 Å². The van der Waals surface area contributed by atoms with Gasteiger partial charge in [0.25, 0.3) is 0 Å². The van der Waals surface area contributed by atoms with Crippen LogP contribution in [0.5, 0.6) is 0 Å². The maximum Gasteiger partial charge on any atom is 0.150 e. The molecule has 2 aromatic rings. The Morgan fingerprint density at radius 3 is 2.71 bits per heavy atom. The van der Waals surface area contributed by atoms with Crippen molar-refractivity contribution in [3.63, 3.8) is 0 Å². The van der Waals surface area contributed by atoms with Crippen molar-refractivity contribution in [3.8, 4) is 0 Å². The number of aryl methyl sites for hydroxylation is 1. The van der Waals surface area contributed by atoms with E-state index in [0.717, 1.165) is 42.1 Å². The first-order valence-electron chi connectivity index (χ1n) is 5.91. The lowest BCUT2D eigenvalue weighted by atomic mass is 9.78. The molecule has 1 aromatic carbocycles. The van der Waals surface area contributed by atoms with Gasteiger partial charge in [0.15, 0.2) is 0 Å². The van der Waals surface area contributed by atoms with Gasteiger partial charge in [-0.25, -0.2) is 0 Å². The minimum Gasteiger partial charge on any atom is -0.384 e. The molecule has 1 heterocycles. The van der Waals surface area contributed by atoms with Crippen molar-refractivity contribution in [2.24, 2.45) is 7.05 Å². The summed E-state index contributed by atoms with van der Waals surface area (Å²) in [7, 11) is 1.95. The van der Waals surface area contributed by atoms with Crippen LogP contribution >= 0.6 is 0 Å². The molecule has 1 aliphatic carbocycles. The number of carbonyl (C=O) groups is 1. The van der Waals surface area contributed by atoms with Gasteiger partial charge in [-0.3, -0.25) is 4.79 Å². The van der Waals surface area contributed by atoms with Gasteiger partial charge in [0.05, 0.1) is 5.69 Å². The Hall–Kier alpha value is -1.61. The molecule has 3 heteroatoms. The summed E-state index contributed by atoms with van der Waals surface area (Å²) in [6.07, 6.45) is 3.59. The highest BCUT2D eigenvalue weighted by Crippen LogP contribution is 2.42. The maximum absolute atomic E-state index is 10.8. The van der Waals surface area contributed by atoms with E-state index in [-0.39, 0.29) is 0 Å². The molecule has 17 heavy (non-hydrogen) atoms. The Labute approximate surface area is 99.7 Å². The molecule has 3 rings (SSSR count). The van der Waals surface area contributed by atoms with Crippen molar-refractivity contribution >= 4 is 17.2 Å². The van der Waals surface area contributed by atoms with Gasteiger partial charge >= 0.3 is 0 Å². The molecule has 0 saturated heterocycles. The molecule has 1 saturated carbocycles. The third kappa shape index (κ3) is 1.42. The predicted molar refractivity (Wildman–Crippen MR) is 66.1 cm³/mol. The van der Waals surface area contributed by atoms with Crippen LogP contribution in [0.15, 0.2) is 24.3 Å². The lowest BCUT2D eigenvalue weighted by Crippen LogP contribution is -2.35. The van der Waals surface area contributed by atoms with Gasteiger partial charge in [0, 0.05) is 23.5 Å². The SMILES string of the molecule is Cn1c(C2(O)CCC2)cc2ccc(C=O)cc21. The minimum absolute atomic E-state index is 0.658. The van der Waals surface area contributed by atoms with Crippen molar-refractivity contribution in [1.29, 1.82) is 0 Å². The average molecular weight is 229 g/mol. The summed E-state index contributed by atoms with van der Waals surface area (Å²) in [5.41, 5.74) is 1.98. The van der Waals surface area contributed by atoms with E-state index >= 15 is 0 Å². The number of nitrogens with zero attached hydrogens (tertiary/aromatic N) is 1. The fourth-order valence-electron chi connectivity index (χ4n) is 2.63. The van der Waals surface area contributed by atoms with E-state index in [0.29, 0.717) is 5.56 Å². The van der Waals surface area contributed by atoms with Gasteiger partial charge in [-0.05, 0) is 31.4 Å². The summed E-state index contributed by atoms with van der Waals surface area (Å²) < 4.78 is 2.00. The number of benzene rings is 1. The second kappa shape index (κ2) is 3.44. The molecule has 88 valence electrons. The van der Waals surface area contributed by atoms with E-state index in [9.17, 15) is 9.90 Å². The molecular formula is C14H15NO2. The van der Waals surface area contributed by atoms with Gasteiger partial charge in [-0.1, -0.05) is 12.1 Å². The Morgan fingerprint density at radius 2 is 2.12 bits per heavy atom. The molecule has 1 aromatic heterocycles. The fourth-order valence-corrected chi connectivity index (χ4v) is 2.63. The van der Waals surface area contributed by atoms with Crippen molar-refractivity contribution in [1.82, 2.24) is 4.57 Å². The molecule has 0 radical (unpaired) electrons. The Bertz CT molecular complexity index is 594. The zero-order valence-electron chi connectivity index (χ0n) is 9.81. The van der Waals surface area contributed by atoms with E-state index in [4.69, 9.17) is 0 Å². The van der Waals surface area contributed by atoms with Gasteiger partial charge in [0.2, 0.25) is 0 Å². The van der Waals surface area contributed by atoms with E-state index in [1.807, 2.05) is 35.9 Å². The third-order valence-electron chi connectivity index (χ3n) is 3.86. The zero-order chi connectivity index (χ0) is 12.0. The Balaban J connectivity index is 2.21. The number of hydrogen-bond acceptors (Lipinski definition) is 2. The van der Waals surface area contributed by atoms with Gasteiger partial charge in [0.1, 0.15) is 11.9 Å². The predicted octanol–water partition coefficient (Wildman–Crippen LogP) is 2.36. The molecule has 0 unspecified atom stereocenters. The first-order valence-corrected chi connectivity index (χ1v) is 5.91.